The lowest BCUT2D eigenvalue weighted by atomic mass is 10.2. The summed E-state index contributed by atoms with van der Waals surface area (Å²) in [5.74, 6) is 0.370. The number of anilines is 2. The quantitative estimate of drug-likeness (QED) is 0.317. The second-order valence-electron chi connectivity index (χ2n) is 8.92. The van der Waals surface area contributed by atoms with Gasteiger partial charge in [0.2, 0.25) is 0 Å². The molecule has 2 N–H and O–H groups in total. The van der Waals surface area contributed by atoms with E-state index in [2.05, 4.69) is 36.1 Å². The van der Waals surface area contributed by atoms with Crippen LogP contribution < -0.4 is 14.4 Å². The molecule has 0 spiro atoms. The molecule has 1 aromatic heterocycles. The van der Waals surface area contributed by atoms with E-state index in [1.54, 1.807) is 31.2 Å². The third-order valence-corrected chi connectivity index (χ3v) is 8.62. The van der Waals surface area contributed by atoms with Gasteiger partial charge in [0.15, 0.2) is 0 Å². The minimum absolute atomic E-state index is 0.0327. The second-order valence-corrected chi connectivity index (χ2v) is 11.7. The first-order valence-corrected chi connectivity index (χ1v) is 14.6. The first-order valence-electron chi connectivity index (χ1n) is 12.4. The van der Waals surface area contributed by atoms with Gasteiger partial charge in [-0.1, -0.05) is 15.9 Å². The summed E-state index contributed by atoms with van der Waals surface area (Å²) in [7, 11) is -2.62. The molecule has 0 aliphatic carbocycles. The number of rotatable bonds is 11. The summed E-state index contributed by atoms with van der Waals surface area (Å²) in [5.41, 5.74) is 1.15. The number of nitrogens with zero attached hydrogens (tertiary/aromatic N) is 3. The number of aryl methyl sites for hydroxylation is 1. The van der Waals surface area contributed by atoms with Gasteiger partial charge in [-0.3, -0.25) is 14.0 Å². The molecule has 4 rings (SSSR count). The number of hydrogen-bond acceptors (Lipinski definition) is 7. The van der Waals surface area contributed by atoms with Crippen molar-refractivity contribution in [1.29, 1.82) is 0 Å². The first-order chi connectivity index (χ1) is 18.3. The highest BCUT2D eigenvalue weighted by Gasteiger charge is 2.29. The third kappa shape index (κ3) is 6.93. The lowest BCUT2D eigenvalue weighted by Gasteiger charge is -2.28. The fraction of sp³-hybridized carbons (Fsp3) is 0.385. The first kappa shape index (κ1) is 28.1. The molecule has 0 radical (unpaired) electrons. The van der Waals surface area contributed by atoms with Crippen LogP contribution in [0.3, 0.4) is 0 Å². The van der Waals surface area contributed by atoms with E-state index in [0.29, 0.717) is 30.2 Å². The zero-order valence-corrected chi connectivity index (χ0v) is 23.8. The number of methoxy groups -OCH3 is 1. The van der Waals surface area contributed by atoms with E-state index >= 15 is 0 Å². The average molecular weight is 607 g/mol. The minimum Gasteiger partial charge on any atom is -0.495 e. The molecular weight excluding hydrogens is 574 g/mol. The molecule has 1 fully saturated rings. The summed E-state index contributed by atoms with van der Waals surface area (Å²) in [6.45, 7) is 6.16. The number of imidazole rings is 1. The fourth-order valence-corrected chi connectivity index (χ4v) is 6.17. The molecule has 0 bridgehead atoms. The van der Waals surface area contributed by atoms with Crippen LogP contribution in [0.5, 0.6) is 5.75 Å². The van der Waals surface area contributed by atoms with E-state index in [-0.39, 0.29) is 16.3 Å². The Morgan fingerprint density at radius 1 is 1.18 bits per heavy atom. The van der Waals surface area contributed by atoms with Crippen LogP contribution in [0, 0.1) is 6.92 Å². The van der Waals surface area contributed by atoms with Crippen LogP contribution in [0.15, 0.2) is 58.0 Å². The molecule has 0 saturated carbocycles. The predicted molar refractivity (Wildman–Crippen MR) is 149 cm³/mol. The van der Waals surface area contributed by atoms with Gasteiger partial charge in [-0.25, -0.2) is 13.4 Å². The number of amides is 1. The average Bonchev–Trinajstić information content (AvgIpc) is 3.36. The molecule has 12 heteroatoms. The number of halogens is 1. The highest BCUT2D eigenvalue weighted by atomic mass is 79.9. The Hall–Kier alpha value is -2.93. The number of sulfonamides is 1. The van der Waals surface area contributed by atoms with Gasteiger partial charge in [-0.05, 0) is 68.8 Å². The maximum atomic E-state index is 14.1. The molecule has 3 aromatic rings. The largest absolute Gasteiger partial charge is 0.495 e. The van der Waals surface area contributed by atoms with E-state index in [4.69, 9.17) is 9.47 Å². The summed E-state index contributed by atoms with van der Waals surface area (Å²) in [6, 6.07) is 11.7. The van der Waals surface area contributed by atoms with Crippen molar-refractivity contribution in [2.75, 3.05) is 56.1 Å². The number of ether oxygens (including phenoxy) is 2. The third-order valence-electron chi connectivity index (χ3n) is 6.24. The van der Waals surface area contributed by atoms with Gasteiger partial charge in [-0.2, -0.15) is 0 Å². The van der Waals surface area contributed by atoms with Crippen LogP contribution in [0.1, 0.15) is 29.2 Å². The van der Waals surface area contributed by atoms with Crippen molar-refractivity contribution < 1.29 is 22.7 Å². The topological polar surface area (TPSA) is 117 Å². The molecule has 204 valence electrons. The van der Waals surface area contributed by atoms with Crippen molar-refractivity contribution in [3.63, 3.8) is 0 Å². The van der Waals surface area contributed by atoms with Crippen LogP contribution in [0.2, 0.25) is 0 Å². The summed E-state index contributed by atoms with van der Waals surface area (Å²) in [5, 5.41) is 2.74. The van der Waals surface area contributed by atoms with E-state index in [1.807, 2.05) is 12.1 Å². The van der Waals surface area contributed by atoms with Crippen LogP contribution in [0.4, 0.5) is 11.4 Å². The number of benzene rings is 2. The van der Waals surface area contributed by atoms with Crippen molar-refractivity contribution in [2.45, 2.75) is 24.7 Å². The Balaban J connectivity index is 1.58. The molecule has 2 aromatic carbocycles. The van der Waals surface area contributed by atoms with Crippen molar-refractivity contribution in [2.24, 2.45) is 0 Å². The normalized spacial score (nSPS) is 14.3. The van der Waals surface area contributed by atoms with Gasteiger partial charge in [0, 0.05) is 29.8 Å². The van der Waals surface area contributed by atoms with Crippen LogP contribution in [-0.2, 0) is 14.8 Å². The number of carbonyl (C=O) groups excluding carboxylic acids is 1. The summed E-state index contributed by atoms with van der Waals surface area (Å²) >= 11 is 3.42. The highest BCUT2D eigenvalue weighted by molar-refractivity contribution is 9.10. The highest BCUT2D eigenvalue weighted by Crippen LogP contribution is 2.33. The zero-order valence-electron chi connectivity index (χ0n) is 21.4. The number of nitrogens with one attached hydrogen (secondary N) is 2. The number of morpholine rings is 1. The molecule has 0 atom stereocenters. The van der Waals surface area contributed by atoms with Crippen LogP contribution in [-0.4, -0.2) is 75.7 Å². The molecule has 1 aliphatic rings. The lowest BCUT2D eigenvalue weighted by Crippen LogP contribution is -2.37. The molecule has 38 heavy (non-hydrogen) atoms. The molecule has 0 unspecified atom stereocenters. The van der Waals surface area contributed by atoms with E-state index in [0.717, 1.165) is 43.7 Å². The number of aromatic nitrogens is 2. The standard InChI is InChI=1S/C26H32BrN5O5S/c1-19-28-18-23(29-19)26(33)30-21-7-10-24(36-2)25(17-21)38(34,35)32(22-8-5-20(27)6-9-22)12-4-3-11-31-13-15-37-16-14-31/h5-10,17-18H,3-4,11-16H2,1-2H3,(H,28,29)(H,30,33). The lowest BCUT2D eigenvalue weighted by molar-refractivity contribution is 0.0373. The smallest absolute Gasteiger partial charge is 0.273 e. The second kappa shape index (κ2) is 12.7. The maximum absolute atomic E-state index is 14.1. The number of hydrogen-bond donors (Lipinski definition) is 2. The minimum atomic E-state index is -4.05. The Bertz CT molecular complexity index is 1340. The Morgan fingerprint density at radius 2 is 1.92 bits per heavy atom. The SMILES string of the molecule is COc1ccc(NC(=O)c2cnc(C)[nH]2)cc1S(=O)(=O)N(CCCCN1CCOCC1)c1ccc(Br)cc1. The number of carbonyl (C=O) groups is 1. The summed E-state index contributed by atoms with van der Waals surface area (Å²) < 4.78 is 41.3. The monoisotopic (exact) mass is 605 g/mol. The van der Waals surface area contributed by atoms with E-state index in [9.17, 15) is 13.2 Å². The van der Waals surface area contributed by atoms with Gasteiger partial charge >= 0.3 is 0 Å². The molecule has 1 saturated heterocycles. The van der Waals surface area contributed by atoms with Crippen LogP contribution in [0.25, 0.3) is 0 Å². The number of aromatic amines is 1. The Kier molecular flexibility index (Phi) is 9.42. The number of H-pyrrole nitrogens is 1. The fourth-order valence-electron chi connectivity index (χ4n) is 4.22. The van der Waals surface area contributed by atoms with Gasteiger partial charge in [0.25, 0.3) is 15.9 Å². The van der Waals surface area contributed by atoms with E-state index in [1.165, 1.54) is 23.7 Å². The van der Waals surface area contributed by atoms with Gasteiger partial charge in [-0.15, -0.1) is 0 Å². The van der Waals surface area contributed by atoms with E-state index < -0.39 is 15.9 Å². The summed E-state index contributed by atoms with van der Waals surface area (Å²) in [4.78, 5) is 21.9. The Labute approximate surface area is 231 Å². The molecule has 1 aliphatic heterocycles. The van der Waals surface area contributed by atoms with Crippen molar-refractivity contribution in [1.82, 2.24) is 14.9 Å². The van der Waals surface area contributed by atoms with Gasteiger partial charge in [0.05, 0.1) is 32.2 Å². The summed E-state index contributed by atoms with van der Waals surface area (Å²) in [6.07, 6.45) is 2.95. The molecule has 10 nitrogen and oxygen atoms in total. The predicted octanol–water partition coefficient (Wildman–Crippen LogP) is 4.05. The zero-order chi connectivity index (χ0) is 27.1. The number of unbranched alkanes of at least 4 members (excludes halogenated alkanes) is 1. The van der Waals surface area contributed by atoms with Crippen LogP contribution >= 0.6 is 15.9 Å². The molecular formula is C26H32BrN5O5S. The molecule has 2 heterocycles. The van der Waals surface area contributed by atoms with Crippen molar-refractivity contribution in [3.8, 4) is 5.75 Å². The van der Waals surface area contributed by atoms with Crippen molar-refractivity contribution >= 4 is 43.2 Å². The Morgan fingerprint density at radius 3 is 2.58 bits per heavy atom. The van der Waals surface area contributed by atoms with Crippen molar-refractivity contribution in [3.05, 3.63) is 64.7 Å². The molecule has 1 amide bonds. The van der Waals surface area contributed by atoms with Gasteiger partial charge in [0.1, 0.15) is 22.2 Å². The maximum Gasteiger partial charge on any atom is 0.273 e. The van der Waals surface area contributed by atoms with Gasteiger partial charge < -0.3 is 19.8 Å².